The molecule has 0 saturated carbocycles. The number of aryl methyl sites for hydroxylation is 1. The van der Waals surface area contributed by atoms with Gasteiger partial charge in [-0.05, 0) is 72.4 Å². The third-order valence-electron chi connectivity index (χ3n) is 6.46. The Bertz CT molecular complexity index is 1170. The number of benzene rings is 3. The first-order valence-electron chi connectivity index (χ1n) is 10.7. The molecule has 1 amide bonds. The fourth-order valence-corrected chi connectivity index (χ4v) is 4.86. The number of allylic oxidation sites excluding steroid dienone is 2. The summed E-state index contributed by atoms with van der Waals surface area (Å²) in [5.74, 6) is 1.56. The molecule has 2 aliphatic rings. The highest BCUT2D eigenvalue weighted by Crippen LogP contribution is 2.50. The quantitative estimate of drug-likeness (QED) is 0.512. The standard InChI is InChI=1S/C27H26N2O2/c1-17-7-3-4-10-21(17)27(30)28-19-13-14-25-24(16-19)22-11-6-12-23(22)26(29-25)18-8-5-9-20(15-18)31-2/h3-11,13-16,22-23,26,29H,12H2,1-2H3,(H,28,30). The molecule has 3 aromatic carbocycles. The predicted octanol–water partition coefficient (Wildman–Crippen LogP) is 6.08. The fraction of sp³-hybridized carbons (Fsp3) is 0.222. The van der Waals surface area contributed by atoms with Crippen LogP contribution in [0.3, 0.4) is 0 Å². The van der Waals surface area contributed by atoms with Crippen LogP contribution in [0.25, 0.3) is 0 Å². The van der Waals surface area contributed by atoms with Gasteiger partial charge in [-0.3, -0.25) is 4.79 Å². The van der Waals surface area contributed by atoms with E-state index in [1.54, 1.807) is 7.11 Å². The monoisotopic (exact) mass is 410 g/mol. The van der Waals surface area contributed by atoms with Crippen molar-refractivity contribution in [2.75, 3.05) is 17.7 Å². The van der Waals surface area contributed by atoms with Crippen LogP contribution in [0, 0.1) is 12.8 Å². The Morgan fingerprint density at radius 1 is 1.06 bits per heavy atom. The number of anilines is 2. The van der Waals surface area contributed by atoms with Crippen LogP contribution in [-0.4, -0.2) is 13.0 Å². The number of hydrogen-bond donors (Lipinski definition) is 2. The molecule has 3 aromatic rings. The molecule has 156 valence electrons. The second-order valence-corrected chi connectivity index (χ2v) is 8.32. The van der Waals surface area contributed by atoms with Crippen LogP contribution >= 0.6 is 0 Å². The molecule has 4 heteroatoms. The van der Waals surface area contributed by atoms with Crippen molar-refractivity contribution in [2.24, 2.45) is 5.92 Å². The molecule has 0 fully saturated rings. The summed E-state index contributed by atoms with van der Waals surface area (Å²) in [4.78, 5) is 12.8. The first kappa shape index (κ1) is 19.4. The average molecular weight is 411 g/mol. The lowest BCUT2D eigenvalue weighted by Crippen LogP contribution is -2.29. The summed E-state index contributed by atoms with van der Waals surface area (Å²) in [7, 11) is 1.70. The second kappa shape index (κ2) is 7.95. The third kappa shape index (κ3) is 3.59. The van der Waals surface area contributed by atoms with Crippen molar-refractivity contribution >= 4 is 17.3 Å². The van der Waals surface area contributed by atoms with Crippen LogP contribution in [0.2, 0.25) is 0 Å². The lowest BCUT2D eigenvalue weighted by atomic mass is 9.77. The van der Waals surface area contributed by atoms with Crippen LogP contribution in [0.15, 0.2) is 78.9 Å². The van der Waals surface area contributed by atoms with Crippen molar-refractivity contribution in [3.05, 3.63) is 101 Å². The highest BCUT2D eigenvalue weighted by atomic mass is 16.5. The lowest BCUT2D eigenvalue weighted by Gasteiger charge is -2.37. The van der Waals surface area contributed by atoms with E-state index in [-0.39, 0.29) is 11.9 Å². The van der Waals surface area contributed by atoms with Gasteiger partial charge in [0.1, 0.15) is 5.75 Å². The highest BCUT2D eigenvalue weighted by molar-refractivity contribution is 6.05. The number of ether oxygens (including phenoxy) is 1. The van der Waals surface area contributed by atoms with Crippen LogP contribution in [0.5, 0.6) is 5.75 Å². The van der Waals surface area contributed by atoms with Gasteiger partial charge < -0.3 is 15.4 Å². The Labute approximate surface area is 183 Å². The third-order valence-corrected chi connectivity index (χ3v) is 6.46. The second-order valence-electron chi connectivity index (χ2n) is 8.32. The molecule has 3 atom stereocenters. The molecule has 0 bridgehead atoms. The number of methoxy groups -OCH3 is 1. The summed E-state index contributed by atoms with van der Waals surface area (Å²) in [6.07, 6.45) is 5.61. The summed E-state index contributed by atoms with van der Waals surface area (Å²) in [6.45, 7) is 1.96. The minimum absolute atomic E-state index is 0.0745. The van der Waals surface area contributed by atoms with E-state index in [0.717, 1.165) is 29.1 Å². The largest absolute Gasteiger partial charge is 0.497 e. The SMILES string of the molecule is COc1cccc(C2Nc3ccc(NC(=O)c4ccccc4C)cc3C3C=CCC32)c1. The number of carbonyl (C=O) groups excluding carboxylic acids is 1. The zero-order chi connectivity index (χ0) is 21.4. The van der Waals surface area contributed by atoms with Gasteiger partial charge in [0.2, 0.25) is 0 Å². The molecule has 0 spiro atoms. The maximum Gasteiger partial charge on any atom is 0.255 e. The van der Waals surface area contributed by atoms with Crippen molar-refractivity contribution in [3.63, 3.8) is 0 Å². The Morgan fingerprint density at radius 3 is 2.77 bits per heavy atom. The van der Waals surface area contributed by atoms with Crippen molar-refractivity contribution in [2.45, 2.75) is 25.3 Å². The molecule has 5 rings (SSSR count). The Hall–Kier alpha value is -3.53. The van der Waals surface area contributed by atoms with Gasteiger partial charge in [0.15, 0.2) is 0 Å². The number of fused-ring (bicyclic) bond motifs is 3. The van der Waals surface area contributed by atoms with Crippen LogP contribution in [0.4, 0.5) is 11.4 Å². The number of rotatable bonds is 4. The zero-order valence-corrected chi connectivity index (χ0v) is 17.8. The van der Waals surface area contributed by atoms with Gasteiger partial charge >= 0.3 is 0 Å². The normalized spacial score (nSPS) is 21.0. The molecule has 0 aromatic heterocycles. The molecule has 3 unspecified atom stereocenters. The van der Waals surface area contributed by atoms with Crippen molar-refractivity contribution in [1.82, 2.24) is 0 Å². The summed E-state index contributed by atoms with van der Waals surface area (Å²) in [6, 6.07) is 22.4. The molecule has 1 aliphatic carbocycles. The van der Waals surface area contributed by atoms with Gasteiger partial charge in [-0.25, -0.2) is 0 Å². The minimum atomic E-state index is -0.0745. The molecule has 4 nitrogen and oxygen atoms in total. The van der Waals surface area contributed by atoms with Crippen molar-refractivity contribution in [1.29, 1.82) is 0 Å². The van der Waals surface area contributed by atoms with E-state index in [2.05, 4.69) is 47.1 Å². The summed E-state index contributed by atoms with van der Waals surface area (Å²) >= 11 is 0. The first-order chi connectivity index (χ1) is 15.1. The molecule has 0 radical (unpaired) electrons. The van der Waals surface area contributed by atoms with E-state index in [0.29, 0.717) is 17.4 Å². The number of carbonyl (C=O) groups is 1. The number of hydrogen-bond acceptors (Lipinski definition) is 3. The predicted molar refractivity (Wildman–Crippen MR) is 125 cm³/mol. The average Bonchev–Trinajstić information content (AvgIpc) is 3.29. The van der Waals surface area contributed by atoms with Gasteiger partial charge in [-0.1, -0.05) is 42.5 Å². The van der Waals surface area contributed by atoms with E-state index in [9.17, 15) is 4.79 Å². The van der Waals surface area contributed by atoms with E-state index >= 15 is 0 Å². The number of nitrogens with one attached hydrogen (secondary N) is 2. The number of amides is 1. The van der Waals surface area contributed by atoms with Gasteiger partial charge in [0.25, 0.3) is 5.91 Å². The maximum absolute atomic E-state index is 12.8. The van der Waals surface area contributed by atoms with E-state index in [1.807, 2.05) is 49.4 Å². The van der Waals surface area contributed by atoms with Crippen LogP contribution < -0.4 is 15.4 Å². The maximum atomic E-state index is 12.8. The summed E-state index contributed by atoms with van der Waals surface area (Å²) in [5.41, 5.74) is 6.10. The Balaban J connectivity index is 1.44. The molecular weight excluding hydrogens is 384 g/mol. The molecule has 1 heterocycles. The summed E-state index contributed by atoms with van der Waals surface area (Å²) < 4.78 is 5.44. The first-order valence-corrected chi connectivity index (χ1v) is 10.7. The zero-order valence-electron chi connectivity index (χ0n) is 17.8. The lowest BCUT2D eigenvalue weighted by molar-refractivity contribution is 0.102. The van der Waals surface area contributed by atoms with Gasteiger partial charge in [0.05, 0.1) is 13.2 Å². The summed E-state index contributed by atoms with van der Waals surface area (Å²) in [5, 5.41) is 6.83. The molecule has 0 saturated heterocycles. The topological polar surface area (TPSA) is 50.4 Å². The van der Waals surface area contributed by atoms with E-state index < -0.39 is 0 Å². The van der Waals surface area contributed by atoms with Gasteiger partial charge in [0, 0.05) is 22.9 Å². The van der Waals surface area contributed by atoms with Crippen LogP contribution in [-0.2, 0) is 0 Å². The van der Waals surface area contributed by atoms with Crippen molar-refractivity contribution < 1.29 is 9.53 Å². The minimum Gasteiger partial charge on any atom is -0.497 e. The van der Waals surface area contributed by atoms with E-state index in [1.165, 1.54) is 11.1 Å². The fourth-order valence-electron chi connectivity index (χ4n) is 4.86. The van der Waals surface area contributed by atoms with Gasteiger partial charge in [-0.2, -0.15) is 0 Å². The smallest absolute Gasteiger partial charge is 0.255 e. The Kier molecular flexibility index (Phi) is 4.99. The molecule has 2 N–H and O–H groups in total. The molecule has 1 aliphatic heterocycles. The molecular formula is C27H26N2O2. The van der Waals surface area contributed by atoms with Crippen molar-refractivity contribution in [3.8, 4) is 5.75 Å². The van der Waals surface area contributed by atoms with E-state index in [4.69, 9.17) is 4.74 Å². The van der Waals surface area contributed by atoms with Crippen LogP contribution in [0.1, 0.15) is 45.4 Å². The molecule has 31 heavy (non-hydrogen) atoms. The van der Waals surface area contributed by atoms with Gasteiger partial charge in [-0.15, -0.1) is 0 Å². The Morgan fingerprint density at radius 2 is 1.94 bits per heavy atom. The highest BCUT2D eigenvalue weighted by Gasteiger charge is 2.38.